The minimum atomic E-state index is -5.00. The molecule has 23 nitrogen and oxygen atoms in total. The molecule has 9 N–H and O–H groups in total. The van der Waals surface area contributed by atoms with E-state index >= 15 is 0 Å². The Labute approximate surface area is 395 Å². The molecule has 0 aliphatic heterocycles. The van der Waals surface area contributed by atoms with Crippen LogP contribution in [0.1, 0.15) is 5.56 Å². The minimum absolute atomic E-state index is 0.00357. The molecule has 0 aliphatic carbocycles. The first-order chi connectivity index (χ1) is 33.1. The van der Waals surface area contributed by atoms with Crippen LogP contribution in [-0.4, -0.2) is 66.4 Å². The van der Waals surface area contributed by atoms with E-state index in [2.05, 4.69) is 40.9 Å². The Morgan fingerprint density at radius 2 is 1.00 bits per heavy atom. The summed E-state index contributed by atoms with van der Waals surface area (Å²) in [5.41, 5.74) is 5.32. The highest BCUT2D eigenvalue weighted by atomic mass is 32.2. The quantitative estimate of drug-likeness (QED) is 0.0302. The van der Waals surface area contributed by atoms with E-state index in [-0.39, 0.29) is 83.7 Å². The average Bonchev–Trinajstić information content (AvgIpc) is 3.32. The van der Waals surface area contributed by atoms with Crippen molar-refractivity contribution in [3.05, 3.63) is 121 Å². The van der Waals surface area contributed by atoms with Crippen LogP contribution in [-0.2, 0) is 37.0 Å². The van der Waals surface area contributed by atoms with Gasteiger partial charge in [0.25, 0.3) is 30.4 Å². The SMILES string of the molecule is COc1ccc(N=Nc2c(S(=O)(=O)O)cc3ccc(N=Nc4cc(S(=O)(=O)O)c5ccc(N=Nc6ccc7c(O)c(N=Nc8ccc(CO)cc8S(=O)(=O)O)ccc7c6)c(O)c5c4N)cc3c2O)cc1. The van der Waals surface area contributed by atoms with Gasteiger partial charge >= 0.3 is 0 Å². The van der Waals surface area contributed by atoms with Gasteiger partial charge in [0.05, 0.1) is 41.9 Å². The van der Waals surface area contributed by atoms with Gasteiger partial charge in [-0.15, -0.1) is 25.6 Å². The molecule has 70 heavy (non-hydrogen) atoms. The lowest BCUT2D eigenvalue weighted by Crippen LogP contribution is -2.01. The first-order valence-electron chi connectivity index (χ1n) is 19.8. The first-order valence-corrected chi connectivity index (χ1v) is 24.1. The topological polar surface area (TPSA) is 378 Å². The number of rotatable bonds is 13. The number of nitrogen functional groups attached to an aromatic ring is 1. The lowest BCUT2D eigenvalue weighted by Gasteiger charge is -2.12. The number of phenolic OH excluding ortho intramolecular Hbond substituents is 3. The van der Waals surface area contributed by atoms with Gasteiger partial charge in [-0.05, 0) is 107 Å². The number of hydrogen-bond acceptors (Lipinski definition) is 20. The maximum atomic E-state index is 12.6. The molecular weight excluding hydrogens is 975 g/mol. The summed E-state index contributed by atoms with van der Waals surface area (Å²) in [6, 6.07) is 25.5. The van der Waals surface area contributed by atoms with Crippen molar-refractivity contribution in [2.24, 2.45) is 40.9 Å². The van der Waals surface area contributed by atoms with Crippen LogP contribution in [0.4, 0.5) is 51.2 Å². The summed E-state index contributed by atoms with van der Waals surface area (Å²) in [7, 11) is -13.2. The smallest absolute Gasteiger partial charge is 0.296 e. The Balaban J connectivity index is 1.11. The lowest BCUT2D eigenvalue weighted by atomic mass is 10.1. The fourth-order valence-electron chi connectivity index (χ4n) is 6.99. The Bertz CT molecular complexity index is 3950. The average molecular weight is 1010 g/mol. The third kappa shape index (κ3) is 9.80. The van der Waals surface area contributed by atoms with Crippen molar-refractivity contribution in [3.63, 3.8) is 0 Å². The summed E-state index contributed by atoms with van der Waals surface area (Å²) in [5.74, 6) is -1.21. The van der Waals surface area contributed by atoms with Gasteiger partial charge < -0.3 is 30.9 Å². The van der Waals surface area contributed by atoms with Crippen LogP contribution in [0.5, 0.6) is 23.0 Å². The van der Waals surface area contributed by atoms with E-state index in [0.29, 0.717) is 11.1 Å². The highest BCUT2D eigenvalue weighted by Gasteiger charge is 2.25. The molecule has 0 atom stereocenters. The van der Waals surface area contributed by atoms with Crippen LogP contribution < -0.4 is 10.5 Å². The molecule has 0 amide bonds. The van der Waals surface area contributed by atoms with E-state index in [1.165, 1.54) is 92.0 Å². The van der Waals surface area contributed by atoms with Crippen LogP contribution in [0.25, 0.3) is 32.3 Å². The molecule has 0 radical (unpaired) electrons. The van der Waals surface area contributed by atoms with Gasteiger partial charge in [0.15, 0.2) is 17.2 Å². The molecule has 8 rings (SSSR count). The number of fused-ring (bicyclic) bond motifs is 3. The maximum Gasteiger partial charge on any atom is 0.296 e. The molecule has 0 bridgehead atoms. The molecule has 0 fully saturated rings. The van der Waals surface area contributed by atoms with Crippen molar-refractivity contribution in [3.8, 4) is 23.0 Å². The number of benzene rings is 8. The number of ether oxygens (including phenoxy) is 1. The fourth-order valence-corrected chi connectivity index (χ4v) is 9.03. The van der Waals surface area contributed by atoms with Gasteiger partial charge in [0.2, 0.25) is 0 Å². The largest absolute Gasteiger partial charge is 0.505 e. The predicted molar refractivity (Wildman–Crippen MR) is 253 cm³/mol. The van der Waals surface area contributed by atoms with Crippen molar-refractivity contribution >= 4 is 114 Å². The standard InChI is InChI=1S/C44H33N9O14S3/c1-67-28-9-6-25(7-10-28)46-53-41-38(70(64,65)66)18-24-3-5-27(19-31(24)43(41)56)48-52-35-20-36(68(58,59)60)30-12-15-34(44(57)39(30)40(35)45)50-47-26-8-11-29-23(17-26)4-14-33(42(29)55)51-49-32-13-2-22(21-54)16-37(32)69(61,62)63/h2-20,54-57H,21,45H2,1H3,(H,58,59,60)(H,61,62,63)(H,64,65,66). The van der Waals surface area contributed by atoms with E-state index in [9.17, 15) is 59.3 Å². The van der Waals surface area contributed by atoms with Gasteiger partial charge in [-0.25, -0.2) is 0 Å². The Hall–Kier alpha value is -8.37. The molecule has 356 valence electrons. The molecule has 0 saturated carbocycles. The lowest BCUT2D eigenvalue weighted by molar-refractivity contribution is 0.281. The zero-order valence-corrected chi connectivity index (χ0v) is 38.0. The molecule has 0 spiro atoms. The van der Waals surface area contributed by atoms with Gasteiger partial charge in [0, 0.05) is 16.2 Å². The van der Waals surface area contributed by atoms with Crippen molar-refractivity contribution < 1.29 is 64.1 Å². The third-order valence-electron chi connectivity index (χ3n) is 10.4. The second-order valence-electron chi connectivity index (χ2n) is 14.9. The summed E-state index contributed by atoms with van der Waals surface area (Å²) >= 11 is 0. The van der Waals surface area contributed by atoms with Crippen LogP contribution in [0.2, 0.25) is 0 Å². The number of hydrogen-bond donors (Lipinski definition) is 8. The van der Waals surface area contributed by atoms with E-state index in [0.717, 1.165) is 18.2 Å². The van der Waals surface area contributed by atoms with Gasteiger partial charge in [-0.1, -0.05) is 24.3 Å². The normalized spacial score (nSPS) is 12.8. The molecular formula is C44H33N9O14S3. The Morgan fingerprint density at radius 3 is 1.67 bits per heavy atom. The number of anilines is 1. The van der Waals surface area contributed by atoms with Crippen molar-refractivity contribution in [2.45, 2.75) is 21.3 Å². The maximum absolute atomic E-state index is 12.6. The predicted octanol–water partition coefficient (Wildman–Crippen LogP) is 10.7. The van der Waals surface area contributed by atoms with Crippen LogP contribution in [0.3, 0.4) is 0 Å². The van der Waals surface area contributed by atoms with Crippen LogP contribution >= 0.6 is 0 Å². The Kier molecular flexibility index (Phi) is 12.8. The van der Waals surface area contributed by atoms with Gasteiger partial charge in [0.1, 0.15) is 48.9 Å². The monoisotopic (exact) mass is 1010 g/mol. The summed E-state index contributed by atoms with van der Waals surface area (Å²) in [6.45, 7) is -0.497. The molecule has 26 heteroatoms. The van der Waals surface area contributed by atoms with Gasteiger partial charge in [-0.2, -0.15) is 40.6 Å². The molecule has 8 aromatic carbocycles. The molecule has 0 aromatic heterocycles. The summed E-state index contributed by atoms with van der Waals surface area (Å²) in [4.78, 5) is -2.06. The number of aromatic hydroxyl groups is 3. The highest BCUT2D eigenvalue weighted by Crippen LogP contribution is 2.47. The number of aliphatic hydroxyl groups excluding tert-OH is 1. The van der Waals surface area contributed by atoms with Crippen molar-refractivity contribution in [2.75, 3.05) is 12.8 Å². The second-order valence-corrected chi connectivity index (χ2v) is 19.0. The fraction of sp³-hybridized carbons (Fsp3) is 0.0455. The molecule has 0 heterocycles. The second kappa shape index (κ2) is 18.6. The molecule has 0 unspecified atom stereocenters. The zero-order chi connectivity index (χ0) is 50.3. The van der Waals surface area contributed by atoms with Gasteiger partial charge in [-0.3, -0.25) is 13.7 Å². The molecule has 8 aromatic rings. The van der Waals surface area contributed by atoms with E-state index in [1.807, 2.05) is 0 Å². The number of phenols is 3. The summed E-state index contributed by atoms with van der Waals surface area (Å²) < 4.78 is 109. The number of nitrogens with two attached hydrogens (primary N) is 1. The van der Waals surface area contributed by atoms with E-state index in [1.54, 1.807) is 12.1 Å². The van der Waals surface area contributed by atoms with E-state index in [4.69, 9.17) is 10.5 Å². The van der Waals surface area contributed by atoms with Crippen LogP contribution in [0.15, 0.2) is 171 Å². The highest BCUT2D eigenvalue weighted by molar-refractivity contribution is 7.86. The molecule has 0 saturated heterocycles. The van der Waals surface area contributed by atoms with E-state index < -0.39 is 68.8 Å². The summed E-state index contributed by atoms with van der Waals surface area (Å²) in [6.07, 6.45) is 0. The molecule has 0 aliphatic rings. The summed E-state index contributed by atoms with van der Waals surface area (Å²) in [5, 5.41) is 75.5. The zero-order valence-electron chi connectivity index (χ0n) is 35.5. The van der Waals surface area contributed by atoms with Crippen molar-refractivity contribution in [1.82, 2.24) is 0 Å². The third-order valence-corrected chi connectivity index (χ3v) is 13.1. The Morgan fingerprint density at radius 1 is 0.471 bits per heavy atom. The minimum Gasteiger partial charge on any atom is -0.505 e. The number of azo groups is 4. The number of nitrogens with zero attached hydrogens (tertiary/aromatic N) is 8. The number of methoxy groups -OCH3 is 1. The van der Waals surface area contributed by atoms with Crippen LogP contribution in [0, 0.1) is 0 Å². The van der Waals surface area contributed by atoms with Crippen molar-refractivity contribution in [1.29, 1.82) is 0 Å². The first kappa shape index (κ1) is 48.1. The number of aliphatic hydroxyl groups is 1.